The van der Waals surface area contributed by atoms with Gasteiger partial charge in [0.2, 0.25) is 5.91 Å². The van der Waals surface area contributed by atoms with Crippen LogP contribution in [0.2, 0.25) is 0 Å². The van der Waals surface area contributed by atoms with E-state index in [1.807, 2.05) is 24.3 Å². The zero-order chi connectivity index (χ0) is 21.8. The number of aliphatic carboxylic acids is 1. The first-order valence-electron chi connectivity index (χ1n) is 10.2. The molecule has 1 amide bonds. The molecule has 0 aliphatic carbocycles. The lowest BCUT2D eigenvalue weighted by atomic mass is 9.99. The van der Waals surface area contributed by atoms with Gasteiger partial charge in [-0.25, -0.2) is 0 Å². The highest BCUT2D eigenvalue weighted by Gasteiger charge is 2.27. The van der Waals surface area contributed by atoms with E-state index in [1.54, 1.807) is 24.3 Å². The van der Waals surface area contributed by atoms with Crippen LogP contribution in [0.3, 0.4) is 0 Å². The van der Waals surface area contributed by atoms with Crippen LogP contribution >= 0.6 is 11.8 Å². The van der Waals surface area contributed by atoms with Crippen LogP contribution in [0.4, 0.5) is 5.69 Å². The molecule has 0 aliphatic heterocycles. The molecule has 0 heterocycles. The van der Waals surface area contributed by atoms with Crippen molar-refractivity contribution < 1.29 is 19.5 Å². The predicted octanol–water partition coefficient (Wildman–Crippen LogP) is 4.80. The fourth-order valence-electron chi connectivity index (χ4n) is 3.30. The molecule has 0 spiro atoms. The number of hydrogen-bond acceptors (Lipinski definition) is 4. The highest BCUT2D eigenvalue weighted by atomic mass is 32.2. The summed E-state index contributed by atoms with van der Waals surface area (Å²) in [6, 6.07) is 19.1. The Morgan fingerprint density at radius 1 is 0.933 bits per heavy atom. The van der Waals surface area contributed by atoms with Crippen LogP contribution in [0.1, 0.15) is 38.2 Å². The molecule has 2 rings (SSSR count). The van der Waals surface area contributed by atoms with Gasteiger partial charge in [0, 0.05) is 24.3 Å². The van der Waals surface area contributed by atoms with Crippen molar-refractivity contribution in [1.29, 1.82) is 0 Å². The number of para-hydroxylation sites is 1. The molecule has 5 nitrogen and oxygen atoms in total. The minimum Gasteiger partial charge on any atom is -0.480 e. The Bertz CT molecular complexity index is 810. The molecule has 1 atom stereocenters. The van der Waals surface area contributed by atoms with E-state index in [0.717, 1.165) is 37.4 Å². The van der Waals surface area contributed by atoms with Crippen molar-refractivity contribution in [3.05, 3.63) is 66.2 Å². The molecule has 1 N–H and O–H groups in total. The minimum atomic E-state index is -1.06. The Hall–Kier alpha value is -2.60. The van der Waals surface area contributed by atoms with Crippen LogP contribution in [0.25, 0.3) is 0 Å². The van der Waals surface area contributed by atoms with Crippen LogP contribution < -0.4 is 4.90 Å². The largest absolute Gasteiger partial charge is 0.480 e. The number of nitrogens with zero attached hydrogens (tertiary/aromatic N) is 1. The second-order valence-corrected chi connectivity index (χ2v) is 8.44. The maximum atomic E-state index is 13.2. The highest BCUT2D eigenvalue weighted by Crippen LogP contribution is 2.23. The Balaban J connectivity index is 1.98. The van der Waals surface area contributed by atoms with E-state index >= 15 is 0 Å². The first-order valence-corrected chi connectivity index (χ1v) is 11.2. The van der Waals surface area contributed by atoms with Crippen LogP contribution in [-0.2, 0) is 20.8 Å². The lowest BCUT2D eigenvalue weighted by Crippen LogP contribution is -2.40. The van der Waals surface area contributed by atoms with Crippen molar-refractivity contribution in [3.63, 3.8) is 0 Å². The molecule has 0 fully saturated rings. The second kappa shape index (κ2) is 12.9. The summed E-state index contributed by atoms with van der Waals surface area (Å²) in [5, 5.41) is 9.25. The third-order valence-electron chi connectivity index (χ3n) is 4.83. The monoisotopic (exact) mass is 427 g/mol. The number of carboxylic acid groups (broad SMARTS) is 1. The van der Waals surface area contributed by atoms with Crippen molar-refractivity contribution in [2.75, 3.05) is 17.2 Å². The predicted molar refractivity (Wildman–Crippen MR) is 122 cm³/mol. The third-order valence-corrected chi connectivity index (χ3v) is 5.80. The quantitative estimate of drug-likeness (QED) is 0.492. The smallest absolute Gasteiger partial charge is 0.323 e. The van der Waals surface area contributed by atoms with Crippen molar-refractivity contribution in [3.8, 4) is 0 Å². The Kier molecular flexibility index (Phi) is 10.1. The van der Waals surface area contributed by atoms with E-state index in [4.69, 9.17) is 0 Å². The SMILES string of the molecule is CC(=O)SC[C@@H](CCCCCc1ccccc1)C(=O)N(CC(=O)O)c1ccccc1. The maximum Gasteiger partial charge on any atom is 0.323 e. The van der Waals surface area contributed by atoms with Gasteiger partial charge in [-0.15, -0.1) is 0 Å². The summed E-state index contributed by atoms with van der Waals surface area (Å²) < 4.78 is 0. The van der Waals surface area contributed by atoms with Gasteiger partial charge in [0.25, 0.3) is 0 Å². The number of aryl methyl sites for hydroxylation is 1. The molecule has 0 aliphatic rings. The van der Waals surface area contributed by atoms with Gasteiger partial charge in [-0.2, -0.15) is 0 Å². The van der Waals surface area contributed by atoms with Crippen molar-refractivity contribution in [2.45, 2.75) is 39.0 Å². The summed E-state index contributed by atoms with van der Waals surface area (Å²) in [7, 11) is 0. The van der Waals surface area contributed by atoms with Gasteiger partial charge in [0.15, 0.2) is 5.12 Å². The van der Waals surface area contributed by atoms with Crippen LogP contribution in [-0.4, -0.2) is 34.4 Å². The molecule has 0 saturated heterocycles. The molecule has 0 radical (unpaired) electrons. The van der Waals surface area contributed by atoms with Crippen molar-refractivity contribution in [1.82, 2.24) is 0 Å². The molecule has 160 valence electrons. The van der Waals surface area contributed by atoms with Gasteiger partial charge in [-0.1, -0.05) is 73.1 Å². The summed E-state index contributed by atoms with van der Waals surface area (Å²) in [6.45, 7) is 1.09. The third kappa shape index (κ3) is 8.41. The van der Waals surface area contributed by atoms with Crippen LogP contribution in [0, 0.1) is 5.92 Å². The van der Waals surface area contributed by atoms with Gasteiger partial charge in [-0.05, 0) is 37.0 Å². The standard InChI is InChI=1S/C24H29NO4S/c1-19(26)30-18-21(14-8-3-7-13-20-11-5-2-6-12-20)24(29)25(17-23(27)28)22-15-9-4-10-16-22/h2,4-6,9-12,15-16,21H,3,7-8,13-14,17-18H2,1H3,(H,27,28)/t21-/m1/s1. The molecule has 0 saturated carbocycles. The van der Waals surface area contributed by atoms with Crippen LogP contribution in [0.15, 0.2) is 60.7 Å². The number of hydrogen-bond donors (Lipinski definition) is 1. The molecule has 30 heavy (non-hydrogen) atoms. The number of benzene rings is 2. The molecular formula is C24H29NO4S. The molecule has 0 bridgehead atoms. The summed E-state index contributed by atoms with van der Waals surface area (Å²) in [4.78, 5) is 37.4. The number of carbonyl (C=O) groups is 3. The number of carbonyl (C=O) groups excluding carboxylic acids is 2. The van der Waals surface area contributed by atoms with Gasteiger partial charge in [0.05, 0.1) is 0 Å². The van der Waals surface area contributed by atoms with E-state index in [1.165, 1.54) is 17.4 Å². The summed E-state index contributed by atoms with van der Waals surface area (Å²) in [6.07, 6.45) is 4.50. The number of unbranched alkanes of at least 4 members (excludes halogenated alkanes) is 2. The van der Waals surface area contributed by atoms with E-state index in [9.17, 15) is 19.5 Å². The number of carboxylic acids is 1. The molecule has 0 unspecified atom stereocenters. The van der Waals surface area contributed by atoms with E-state index < -0.39 is 18.4 Å². The zero-order valence-electron chi connectivity index (χ0n) is 17.3. The second-order valence-electron chi connectivity index (χ2n) is 7.24. The molecule has 0 aromatic heterocycles. The Morgan fingerprint density at radius 3 is 2.17 bits per heavy atom. The van der Waals surface area contributed by atoms with E-state index in [2.05, 4.69) is 12.1 Å². The fraction of sp³-hybridized carbons (Fsp3) is 0.375. The van der Waals surface area contributed by atoms with E-state index in [0.29, 0.717) is 17.9 Å². The topological polar surface area (TPSA) is 74.7 Å². The first kappa shape index (κ1) is 23.7. The van der Waals surface area contributed by atoms with Gasteiger partial charge in [0.1, 0.15) is 6.54 Å². The average Bonchev–Trinajstić information content (AvgIpc) is 2.74. The van der Waals surface area contributed by atoms with E-state index in [-0.39, 0.29) is 11.0 Å². The summed E-state index contributed by atoms with van der Waals surface area (Å²) in [5.74, 6) is -1.32. The van der Waals surface area contributed by atoms with Crippen molar-refractivity contribution >= 4 is 34.4 Å². The fourth-order valence-corrected chi connectivity index (χ4v) is 4.04. The molecular weight excluding hydrogens is 398 g/mol. The number of amides is 1. The normalized spacial score (nSPS) is 11.6. The first-order chi connectivity index (χ1) is 14.5. The summed E-state index contributed by atoms with van der Waals surface area (Å²) in [5.41, 5.74) is 1.86. The Morgan fingerprint density at radius 2 is 1.57 bits per heavy atom. The number of thioether (sulfide) groups is 1. The Labute approximate surface area is 182 Å². The molecule has 6 heteroatoms. The number of rotatable bonds is 12. The lowest BCUT2D eigenvalue weighted by molar-refractivity contribution is -0.137. The number of anilines is 1. The zero-order valence-corrected chi connectivity index (χ0v) is 18.1. The highest BCUT2D eigenvalue weighted by molar-refractivity contribution is 8.13. The molecule has 2 aromatic rings. The minimum absolute atomic E-state index is 0.0404. The van der Waals surface area contributed by atoms with Gasteiger partial charge in [-0.3, -0.25) is 14.4 Å². The van der Waals surface area contributed by atoms with Gasteiger partial charge < -0.3 is 10.0 Å². The lowest BCUT2D eigenvalue weighted by Gasteiger charge is -2.26. The maximum absolute atomic E-state index is 13.2. The van der Waals surface area contributed by atoms with Crippen LogP contribution in [0.5, 0.6) is 0 Å². The molecule has 2 aromatic carbocycles. The summed E-state index contributed by atoms with van der Waals surface area (Å²) >= 11 is 1.13. The average molecular weight is 428 g/mol. The van der Waals surface area contributed by atoms with Crippen molar-refractivity contribution in [2.24, 2.45) is 5.92 Å². The van der Waals surface area contributed by atoms with Gasteiger partial charge >= 0.3 is 5.97 Å².